The second kappa shape index (κ2) is 10.8. The van der Waals surface area contributed by atoms with E-state index in [1.807, 2.05) is 0 Å². The summed E-state index contributed by atoms with van der Waals surface area (Å²) in [4.78, 5) is 21.9. The average Bonchev–Trinajstić information content (AvgIpc) is 3.29. The molecule has 202 valence electrons. The summed E-state index contributed by atoms with van der Waals surface area (Å²) in [5.74, 6) is -0.339. The van der Waals surface area contributed by atoms with E-state index in [0.717, 1.165) is 4.90 Å². The lowest BCUT2D eigenvalue weighted by Crippen LogP contribution is -2.51. The number of aromatic nitrogens is 3. The number of alkyl halides is 6. The van der Waals surface area contributed by atoms with Gasteiger partial charge in [-0.3, -0.25) is 4.98 Å². The molecule has 7 nitrogen and oxygen atoms in total. The normalized spacial score (nSPS) is 13.9. The zero-order valence-corrected chi connectivity index (χ0v) is 20.0. The Hall–Kier alpha value is -3.58. The molecule has 2 amide bonds. The van der Waals surface area contributed by atoms with Crippen LogP contribution in [-0.4, -0.2) is 57.3 Å². The van der Waals surface area contributed by atoms with Gasteiger partial charge in [-0.25, -0.2) is 14.2 Å². The summed E-state index contributed by atoms with van der Waals surface area (Å²) in [6, 6.07) is -2.06. The van der Waals surface area contributed by atoms with Gasteiger partial charge in [-0.05, 0) is 32.4 Å². The van der Waals surface area contributed by atoms with Crippen molar-refractivity contribution >= 4 is 11.7 Å². The number of carbonyl (C=O) groups is 1. The smallest absolute Gasteiger partial charge is 0.408 e. The van der Waals surface area contributed by atoms with E-state index in [0.29, 0.717) is 11.1 Å². The fraction of sp³-hybridized carbons (Fsp3) is 0.435. The van der Waals surface area contributed by atoms with Gasteiger partial charge in [0.25, 0.3) is 0 Å². The first-order valence-electron chi connectivity index (χ1n) is 11.1. The van der Waals surface area contributed by atoms with Crippen molar-refractivity contribution in [3.05, 3.63) is 48.4 Å². The van der Waals surface area contributed by atoms with Crippen molar-refractivity contribution in [1.29, 1.82) is 0 Å². The molecule has 0 fully saturated rings. The molecule has 0 bridgehead atoms. The lowest BCUT2D eigenvalue weighted by atomic mass is 10.0. The van der Waals surface area contributed by atoms with Gasteiger partial charge in [0.05, 0.1) is 25.0 Å². The number of halogens is 7. The van der Waals surface area contributed by atoms with Crippen LogP contribution in [0.4, 0.5) is 35.5 Å². The number of nitrogens with one attached hydrogen (secondary N) is 1. The van der Waals surface area contributed by atoms with Crippen molar-refractivity contribution in [3.8, 4) is 16.9 Å². The van der Waals surface area contributed by atoms with Crippen LogP contribution in [0.15, 0.2) is 36.9 Å². The summed E-state index contributed by atoms with van der Waals surface area (Å²) in [6.45, 7) is 2.93. The molecule has 2 atom stereocenters. The van der Waals surface area contributed by atoms with E-state index in [1.54, 1.807) is 11.5 Å². The van der Waals surface area contributed by atoms with Crippen molar-refractivity contribution in [1.82, 2.24) is 24.6 Å². The maximum atomic E-state index is 14.5. The van der Waals surface area contributed by atoms with Crippen molar-refractivity contribution in [2.45, 2.75) is 51.1 Å². The molecule has 0 aliphatic heterocycles. The number of pyridine rings is 2. The van der Waals surface area contributed by atoms with E-state index in [1.165, 1.54) is 56.1 Å². The maximum absolute atomic E-state index is 14.5. The number of amides is 2. The predicted octanol–water partition coefficient (Wildman–Crippen LogP) is 5.91. The minimum Gasteiger partial charge on any atom is -0.494 e. The highest BCUT2D eigenvalue weighted by Crippen LogP contribution is 2.34. The number of nitrogens with zero attached hydrogens (tertiary/aromatic N) is 4. The lowest BCUT2D eigenvalue weighted by Gasteiger charge is -2.31. The minimum absolute atomic E-state index is 0.0739. The molecule has 3 heterocycles. The Labute approximate surface area is 207 Å². The molecular formula is C23H24F7N5O2. The van der Waals surface area contributed by atoms with Crippen LogP contribution in [0.25, 0.3) is 16.8 Å². The van der Waals surface area contributed by atoms with Gasteiger partial charge in [0, 0.05) is 42.7 Å². The predicted molar refractivity (Wildman–Crippen MR) is 119 cm³/mol. The van der Waals surface area contributed by atoms with E-state index < -0.39 is 49.1 Å². The fourth-order valence-corrected chi connectivity index (χ4v) is 3.82. The van der Waals surface area contributed by atoms with Crippen LogP contribution in [0.1, 0.15) is 38.4 Å². The van der Waals surface area contributed by atoms with Crippen LogP contribution in [0.5, 0.6) is 5.75 Å². The number of ether oxygens (including phenoxy) is 1. The molecule has 0 aromatic carbocycles. The molecule has 3 aromatic rings. The molecule has 3 aromatic heterocycles. The first kappa shape index (κ1) is 28.0. The van der Waals surface area contributed by atoms with Gasteiger partial charge in [0.1, 0.15) is 11.8 Å². The van der Waals surface area contributed by atoms with Crippen LogP contribution < -0.4 is 10.1 Å². The van der Waals surface area contributed by atoms with Crippen molar-refractivity contribution in [3.63, 3.8) is 0 Å². The first-order valence-corrected chi connectivity index (χ1v) is 11.1. The molecule has 0 saturated heterocycles. The monoisotopic (exact) mass is 535 g/mol. The second-order valence-electron chi connectivity index (χ2n) is 8.20. The zero-order valence-electron chi connectivity index (χ0n) is 20.0. The quantitative estimate of drug-likeness (QED) is 0.364. The topological polar surface area (TPSA) is 71.8 Å². The third kappa shape index (κ3) is 6.60. The maximum Gasteiger partial charge on any atom is 0.408 e. The molecule has 3 rings (SSSR count). The fourth-order valence-electron chi connectivity index (χ4n) is 3.82. The number of carbonyl (C=O) groups excluding carboxylic acids is 1. The second-order valence-corrected chi connectivity index (χ2v) is 8.20. The third-order valence-corrected chi connectivity index (χ3v) is 5.77. The Morgan fingerprint density at radius 2 is 1.89 bits per heavy atom. The first-order chi connectivity index (χ1) is 17.2. The highest BCUT2D eigenvalue weighted by molar-refractivity contribution is 5.76. The molecule has 0 spiro atoms. The SMILES string of the molecule is CCN(C(=O)NC(CCC(F)(F)F)C(F)(F)F)C(C)c1cc(-c2cc(F)c3nccn3c2)c(OC)cn1. The molecule has 0 aliphatic carbocycles. The number of hydrogen-bond donors (Lipinski definition) is 1. The summed E-state index contributed by atoms with van der Waals surface area (Å²) in [7, 11) is 1.37. The van der Waals surface area contributed by atoms with Gasteiger partial charge in [-0.15, -0.1) is 0 Å². The Morgan fingerprint density at radius 3 is 2.49 bits per heavy atom. The minimum atomic E-state index is -5.08. The van der Waals surface area contributed by atoms with Crippen LogP contribution in [0.2, 0.25) is 0 Å². The number of hydrogen-bond acceptors (Lipinski definition) is 4. The van der Waals surface area contributed by atoms with Crippen LogP contribution in [0.3, 0.4) is 0 Å². The highest BCUT2D eigenvalue weighted by atomic mass is 19.4. The summed E-state index contributed by atoms with van der Waals surface area (Å²) >= 11 is 0. The van der Waals surface area contributed by atoms with Crippen molar-refractivity contribution < 1.29 is 40.3 Å². The number of rotatable bonds is 8. The lowest BCUT2D eigenvalue weighted by molar-refractivity contribution is -0.171. The Kier molecular flexibility index (Phi) is 8.18. The largest absolute Gasteiger partial charge is 0.494 e. The molecule has 37 heavy (non-hydrogen) atoms. The standard InChI is InChI=1S/C23H24F7N5O2/c1-4-35(21(36)33-19(23(28,29)30)5-6-22(25,26)27)13(2)17-10-15(18(37-3)11-32-17)14-9-16(24)20-31-7-8-34(20)12-14/h7-13,19H,4-6H2,1-3H3,(H,33,36). The van der Waals surface area contributed by atoms with Crippen molar-refractivity contribution in [2.24, 2.45) is 0 Å². The molecule has 14 heteroatoms. The third-order valence-electron chi connectivity index (χ3n) is 5.77. The van der Waals surface area contributed by atoms with E-state index in [4.69, 9.17) is 4.74 Å². The Morgan fingerprint density at radius 1 is 1.19 bits per heavy atom. The van der Waals surface area contributed by atoms with E-state index in [2.05, 4.69) is 9.97 Å². The summed E-state index contributed by atoms with van der Waals surface area (Å²) in [5.41, 5.74) is 1.11. The number of urea groups is 1. The van der Waals surface area contributed by atoms with Crippen LogP contribution >= 0.6 is 0 Å². The zero-order chi connectivity index (χ0) is 27.5. The van der Waals surface area contributed by atoms with E-state index >= 15 is 0 Å². The summed E-state index contributed by atoms with van der Waals surface area (Å²) in [6.07, 6.45) is -7.07. The Balaban J connectivity index is 1.90. The number of methoxy groups -OCH3 is 1. The van der Waals surface area contributed by atoms with Gasteiger partial charge in [0.2, 0.25) is 0 Å². The Bertz CT molecular complexity index is 1240. The van der Waals surface area contributed by atoms with Crippen molar-refractivity contribution in [2.75, 3.05) is 13.7 Å². The molecule has 2 unspecified atom stereocenters. The number of imidazole rings is 1. The highest BCUT2D eigenvalue weighted by Gasteiger charge is 2.43. The van der Waals surface area contributed by atoms with Gasteiger partial charge >= 0.3 is 18.4 Å². The van der Waals surface area contributed by atoms with Gasteiger partial charge < -0.3 is 19.4 Å². The molecule has 1 N–H and O–H groups in total. The van der Waals surface area contributed by atoms with E-state index in [-0.39, 0.29) is 23.6 Å². The molecular weight excluding hydrogens is 511 g/mol. The van der Waals surface area contributed by atoms with Gasteiger partial charge in [-0.2, -0.15) is 26.3 Å². The molecule has 0 radical (unpaired) electrons. The van der Waals surface area contributed by atoms with Crippen LogP contribution in [-0.2, 0) is 0 Å². The van der Waals surface area contributed by atoms with Crippen LogP contribution in [0, 0.1) is 5.82 Å². The van der Waals surface area contributed by atoms with Gasteiger partial charge in [-0.1, -0.05) is 0 Å². The molecule has 0 aliphatic rings. The summed E-state index contributed by atoms with van der Waals surface area (Å²) < 4.78 is 98.8. The van der Waals surface area contributed by atoms with E-state index in [9.17, 15) is 35.5 Å². The molecule has 0 saturated carbocycles. The van der Waals surface area contributed by atoms with Gasteiger partial charge in [0.15, 0.2) is 11.5 Å². The summed E-state index contributed by atoms with van der Waals surface area (Å²) in [5, 5.41) is 1.67. The number of fused-ring (bicyclic) bond motifs is 1. The average molecular weight is 535 g/mol.